The number of likely N-dealkylation sites (tertiary alicyclic amines) is 1. The Kier molecular flexibility index (Phi) is 4.79. The van der Waals surface area contributed by atoms with Crippen molar-refractivity contribution in [2.75, 3.05) is 18.4 Å². The molecule has 2 aromatic heterocycles. The number of imidazole rings is 1. The van der Waals surface area contributed by atoms with Gasteiger partial charge in [-0.2, -0.15) is 0 Å². The van der Waals surface area contributed by atoms with Gasteiger partial charge in [-0.25, -0.2) is 14.8 Å². The molecule has 3 heterocycles. The number of nitrogens with one attached hydrogen (secondary N) is 1. The molecule has 0 spiro atoms. The van der Waals surface area contributed by atoms with E-state index in [-0.39, 0.29) is 11.9 Å². The fourth-order valence-corrected chi connectivity index (χ4v) is 3.81. The molecule has 6 heteroatoms. The second-order valence-electron chi connectivity index (χ2n) is 7.20. The van der Waals surface area contributed by atoms with Gasteiger partial charge in [-0.1, -0.05) is 19.1 Å². The van der Waals surface area contributed by atoms with Gasteiger partial charge in [0.25, 0.3) is 0 Å². The number of nitrogens with zero attached hydrogens (tertiary/aromatic N) is 4. The summed E-state index contributed by atoms with van der Waals surface area (Å²) in [4.78, 5) is 23.9. The number of aryl methyl sites for hydroxylation is 2. The number of aromatic nitrogens is 3. The molecule has 140 valence electrons. The fraction of sp³-hybridized carbons (Fsp3) is 0.381. The zero-order valence-electron chi connectivity index (χ0n) is 15.9. The number of carbonyl (C=O) groups is 1. The van der Waals surface area contributed by atoms with Crippen molar-refractivity contribution in [2.24, 2.45) is 0 Å². The van der Waals surface area contributed by atoms with Crippen molar-refractivity contribution in [1.82, 2.24) is 19.4 Å². The van der Waals surface area contributed by atoms with Gasteiger partial charge in [0.05, 0.1) is 0 Å². The van der Waals surface area contributed by atoms with E-state index in [0.717, 1.165) is 54.2 Å². The zero-order valence-corrected chi connectivity index (χ0v) is 15.9. The van der Waals surface area contributed by atoms with Gasteiger partial charge in [0, 0.05) is 37.4 Å². The number of amides is 2. The van der Waals surface area contributed by atoms with Gasteiger partial charge in [-0.05, 0) is 49.6 Å². The number of fused-ring (bicyclic) bond motifs is 1. The molecule has 1 saturated heterocycles. The van der Waals surface area contributed by atoms with E-state index in [2.05, 4.69) is 21.8 Å². The Balaban J connectivity index is 1.52. The summed E-state index contributed by atoms with van der Waals surface area (Å²) >= 11 is 0. The normalized spacial score (nSPS) is 16.8. The number of pyridine rings is 1. The molecule has 27 heavy (non-hydrogen) atoms. The number of hydrogen-bond acceptors (Lipinski definition) is 3. The maximum Gasteiger partial charge on any atom is 0.321 e. The zero-order chi connectivity index (χ0) is 18.8. The van der Waals surface area contributed by atoms with Gasteiger partial charge < -0.3 is 14.8 Å². The number of benzene rings is 1. The van der Waals surface area contributed by atoms with Crippen molar-refractivity contribution < 1.29 is 4.79 Å². The number of anilines is 1. The minimum Gasteiger partial charge on any atom is -0.324 e. The first kappa shape index (κ1) is 17.5. The van der Waals surface area contributed by atoms with Crippen LogP contribution in [0.3, 0.4) is 0 Å². The maximum atomic E-state index is 12.7. The largest absolute Gasteiger partial charge is 0.324 e. The van der Waals surface area contributed by atoms with Gasteiger partial charge >= 0.3 is 6.03 Å². The molecule has 1 N–H and O–H groups in total. The lowest BCUT2D eigenvalue weighted by molar-refractivity contribution is 0.222. The average Bonchev–Trinajstić information content (AvgIpc) is 3.27. The quantitative estimate of drug-likeness (QED) is 0.757. The summed E-state index contributed by atoms with van der Waals surface area (Å²) in [6.07, 6.45) is 3.77. The van der Waals surface area contributed by atoms with Crippen molar-refractivity contribution in [2.45, 2.75) is 39.2 Å². The lowest BCUT2D eigenvalue weighted by Crippen LogP contribution is -2.33. The molecule has 1 aliphatic heterocycles. The van der Waals surface area contributed by atoms with E-state index < -0.39 is 0 Å². The van der Waals surface area contributed by atoms with E-state index >= 15 is 0 Å². The van der Waals surface area contributed by atoms with E-state index in [1.807, 2.05) is 54.4 Å². The third-order valence-corrected chi connectivity index (χ3v) is 5.09. The third-order valence-electron chi connectivity index (χ3n) is 5.09. The monoisotopic (exact) mass is 363 g/mol. The predicted octanol–water partition coefficient (Wildman–Crippen LogP) is 4.17. The molecule has 1 aliphatic rings. The van der Waals surface area contributed by atoms with Crippen LogP contribution in [0.15, 0.2) is 42.6 Å². The van der Waals surface area contributed by atoms with Crippen LogP contribution in [0.5, 0.6) is 0 Å². The van der Waals surface area contributed by atoms with Gasteiger partial charge in [-0.15, -0.1) is 0 Å². The molecular weight excluding hydrogens is 338 g/mol. The summed E-state index contributed by atoms with van der Waals surface area (Å²) in [5.74, 6) is 1.30. The molecule has 2 amide bonds. The SMILES string of the molecule is CCCn1c([C@H]2CCN(C(=O)Nc3cccc(C)c3)C2)nc2cccnc21. The van der Waals surface area contributed by atoms with E-state index in [1.54, 1.807) is 0 Å². The van der Waals surface area contributed by atoms with Crippen molar-refractivity contribution in [3.05, 3.63) is 54.0 Å². The first-order valence-corrected chi connectivity index (χ1v) is 9.59. The van der Waals surface area contributed by atoms with Crippen LogP contribution in [0.4, 0.5) is 10.5 Å². The van der Waals surface area contributed by atoms with Crippen LogP contribution in [0.25, 0.3) is 11.2 Å². The summed E-state index contributed by atoms with van der Waals surface area (Å²) in [6.45, 7) is 6.51. The number of urea groups is 1. The first-order valence-electron chi connectivity index (χ1n) is 9.59. The number of hydrogen-bond donors (Lipinski definition) is 1. The second-order valence-corrected chi connectivity index (χ2v) is 7.20. The summed E-state index contributed by atoms with van der Waals surface area (Å²) < 4.78 is 2.22. The Morgan fingerprint density at radius 1 is 1.30 bits per heavy atom. The van der Waals surface area contributed by atoms with Crippen LogP contribution < -0.4 is 5.32 Å². The molecule has 0 aliphatic carbocycles. The summed E-state index contributed by atoms with van der Waals surface area (Å²) in [6, 6.07) is 11.8. The molecule has 1 fully saturated rings. The standard InChI is InChI=1S/C21H25N5O/c1-3-11-26-19(24-18-8-5-10-22-20(18)26)16-9-12-25(14-16)21(27)23-17-7-4-6-15(2)13-17/h4-8,10,13,16H,3,9,11-12,14H2,1-2H3,(H,23,27)/t16-/m0/s1. The van der Waals surface area contributed by atoms with E-state index in [1.165, 1.54) is 0 Å². The lowest BCUT2D eigenvalue weighted by Gasteiger charge is -2.18. The third kappa shape index (κ3) is 3.52. The molecule has 0 bridgehead atoms. The van der Waals surface area contributed by atoms with Crippen molar-refractivity contribution in [1.29, 1.82) is 0 Å². The molecule has 1 aromatic carbocycles. The second kappa shape index (κ2) is 7.39. The highest BCUT2D eigenvalue weighted by Gasteiger charge is 2.31. The van der Waals surface area contributed by atoms with Crippen molar-refractivity contribution >= 4 is 22.9 Å². The highest BCUT2D eigenvalue weighted by Crippen LogP contribution is 2.29. The van der Waals surface area contributed by atoms with Crippen LogP contribution in [0, 0.1) is 6.92 Å². The van der Waals surface area contributed by atoms with Crippen molar-refractivity contribution in [3.8, 4) is 0 Å². The van der Waals surface area contributed by atoms with Crippen LogP contribution >= 0.6 is 0 Å². The maximum absolute atomic E-state index is 12.7. The summed E-state index contributed by atoms with van der Waals surface area (Å²) in [7, 11) is 0. The minimum absolute atomic E-state index is 0.0422. The van der Waals surface area contributed by atoms with Crippen LogP contribution in [-0.4, -0.2) is 38.6 Å². The predicted molar refractivity (Wildman–Crippen MR) is 107 cm³/mol. The molecule has 0 radical (unpaired) electrons. The Morgan fingerprint density at radius 2 is 2.19 bits per heavy atom. The van der Waals surface area contributed by atoms with Gasteiger partial charge in [0.15, 0.2) is 5.65 Å². The van der Waals surface area contributed by atoms with Crippen LogP contribution in [0.2, 0.25) is 0 Å². The molecule has 1 atom stereocenters. The highest BCUT2D eigenvalue weighted by molar-refractivity contribution is 5.89. The Hall–Kier alpha value is -2.89. The van der Waals surface area contributed by atoms with E-state index in [4.69, 9.17) is 4.98 Å². The van der Waals surface area contributed by atoms with E-state index in [0.29, 0.717) is 6.54 Å². The lowest BCUT2D eigenvalue weighted by atomic mass is 10.1. The van der Waals surface area contributed by atoms with Gasteiger partial charge in [-0.3, -0.25) is 0 Å². The van der Waals surface area contributed by atoms with Crippen LogP contribution in [-0.2, 0) is 6.54 Å². The molecular formula is C21H25N5O. The van der Waals surface area contributed by atoms with Gasteiger partial charge in [0.2, 0.25) is 0 Å². The molecule has 6 nitrogen and oxygen atoms in total. The van der Waals surface area contributed by atoms with Crippen molar-refractivity contribution in [3.63, 3.8) is 0 Å². The summed E-state index contributed by atoms with van der Waals surface area (Å²) in [5, 5.41) is 3.01. The molecule has 0 saturated carbocycles. The smallest absolute Gasteiger partial charge is 0.321 e. The van der Waals surface area contributed by atoms with E-state index in [9.17, 15) is 4.79 Å². The molecule has 4 rings (SSSR count). The molecule has 0 unspecified atom stereocenters. The topological polar surface area (TPSA) is 63.1 Å². The number of rotatable bonds is 4. The van der Waals surface area contributed by atoms with Gasteiger partial charge in [0.1, 0.15) is 11.3 Å². The summed E-state index contributed by atoms with van der Waals surface area (Å²) in [5.41, 5.74) is 3.85. The van der Waals surface area contributed by atoms with Crippen LogP contribution in [0.1, 0.15) is 37.1 Å². The number of carbonyl (C=O) groups excluding carboxylic acids is 1. The Labute approximate surface area is 159 Å². The fourth-order valence-electron chi connectivity index (χ4n) is 3.81. The first-order chi connectivity index (χ1) is 13.2. The highest BCUT2D eigenvalue weighted by atomic mass is 16.2. The average molecular weight is 363 g/mol. The Bertz CT molecular complexity index is 964. The molecule has 3 aromatic rings. The Morgan fingerprint density at radius 3 is 3.00 bits per heavy atom. The minimum atomic E-state index is -0.0422.